The van der Waals surface area contributed by atoms with Gasteiger partial charge in [-0.25, -0.2) is 0 Å². The molecule has 12 heavy (non-hydrogen) atoms. The number of aromatic nitrogens is 3. The second-order valence-electron chi connectivity index (χ2n) is 1.43. The van der Waals surface area contributed by atoms with Crippen molar-refractivity contribution < 1.29 is 0 Å². The van der Waals surface area contributed by atoms with Crippen molar-refractivity contribution in [2.45, 2.75) is 0 Å². The maximum Gasteiger partial charge on any atom is 0.241 e. The first kappa shape index (κ1) is 11.9. The summed E-state index contributed by atoms with van der Waals surface area (Å²) in [6.07, 6.45) is 1.62. The van der Waals surface area contributed by atoms with Crippen LogP contribution in [-0.4, -0.2) is 44.5 Å². The van der Waals surface area contributed by atoms with Crippen molar-refractivity contribution >= 4 is 58.7 Å². The van der Waals surface area contributed by atoms with E-state index in [2.05, 4.69) is 20.3 Å². The summed E-state index contributed by atoms with van der Waals surface area (Å²) in [5, 5.41) is 10.2. The van der Waals surface area contributed by atoms with E-state index in [4.69, 9.17) is 28.5 Å². The Kier molecular flexibility index (Phi) is 5.46. The molecule has 0 bridgehead atoms. The summed E-state index contributed by atoms with van der Waals surface area (Å²) in [6.45, 7) is 0. The van der Waals surface area contributed by atoms with Crippen molar-refractivity contribution in [3.05, 3.63) is 10.6 Å². The van der Waals surface area contributed by atoms with Gasteiger partial charge in [0.05, 0.1) is 0 Å². The maximum absolute atomic E-state index is 8.15. The second-order valence-corrected chi connectivity index (χ2v) is 2.11. The number of nitriles is 1. The van der Waals surface area contributed by atoms with Gasteiger partial charge in [-0.15, -0.1) is 0 Å². The van der Waals surface area contributed by atoms with E-state index in [1.165, 1.54) is 0 Å². The quantitative estimate of drug-likeness (QED) is 0.422. The zero-order chi connectivity index (χ0) is 8.27. The molecule has 0 saturated heterocycles. The van der Waals surface area contributed by atoms with Crippen molar-refractivity contribution in [3.8, 4) is 6.19 Å². The van der Waals surface area contributed by atoms with Gasteiger partial charge in [0.1, 0.15) is 0 Å². The summed E-state index contributed by atoms with van der Waals surface area (Å²) in [7, 11) is 0. The Morgan fingerprint density at radius 1 is 1.17 bits per heavy atom. The standard InChI is InChI=1S/C4HCl2N5.Na/c5-2-9-3(6)11-4(10-2)8-1-7;/h(H,8,9,10,11);. The average Bonchev–Trinajstić information content (AvgIpc) is 1.85. The monoisotopic (exact) mass is 212 g/mol. The van der Waals surface area contributed by atoms with Crippen LogP contribution in [0.1, 0.15) is 0 Å². The van der Waals surface area contributed by atoms with Gasteiger partial charge in [-0.05, 0) is 23.2 Å². The molecule has 0 aliphatic heterocycles. The Bertz CT molecular complexity index is 291. The third kappa shape index (κ3) is 3.52. The van der Waals surface area contributed by atoms with Gasteiger partial charge in [-0.1, -0.05) is 0 Å². The van der Waals surface area contributed by atoms with E-state index in [0.717, 1.165) is 0 Å². The molecule has 5 nitrogen and oxygen atoms in total. The number of anilines is 1. The van der Waals surface area contributed by atoms with Gasteiger partial charge in [0.15, 0.2) is 6.19 Å². The molecule has 1 aromatic rings. The third-order valence-electron chi connectivity index (χ3n) is 0.749. The van der Waals surface area contributed by atoms with Crippen LogP contribution in [0.3, 0.4) is 0 Å². The van der Waals surface area contributed by atoms with Crippen molar-refractivity contribution in [3.63, 3.8) is 0 Å². The van der Waals surface area contributed by atoms with E-state index in [0.29, 0.717) is 0 Å². The number of nitrogens with one attached hydrogen (secondary N) is 1. The molecule has 0 amide bonds. The van der Waals surface area contributed by atoms with Crippen LogP contribution in [0.25, 0.3) is 0 Å². The summed E-state index contributed by atoms with van der Waals surface area (Å²) in [5.74, 6) is 0.0394. The maximum atomic E-state index is 8.15. The first-order valence-corrected chi connectivity index (χ1v) is 3.20. The van der Waals surface area contributed by atoms with Crippen molar-refractivity contribution in [1.29, 1.82) is 5.26 Å². The molecule has 0 atom stereocenters. The fourth-order valence-electron chi connectivity index (χ4n) is 0.432. The van der Waals surface area contributed by atoms with Crippen LogP contribution in [0.2, 0.25) is 10.6 Å². The largest absolute Gasteiger partial charge is 0.261 e. The molecule has 57 valence electrons. The number of rotatable bonds is 1. The summed E-state index contributed by atoms with van der Waals surface area (Å²) >= 11 is 10.8. The average molecular weight is 213 g/mol. The molecule has 1 N–H and O–H groups in total. The SMILES string of the molecule is N#CNc1nc(Cl)nc(Cl)n1.[Na]. The number of hydrogen-bond acceptors (Lipinski definition) is 5. The Labute approximate surface area is 100 Å². The van der Waals surface area contributed by atoms with Crippen LogP contribution in [0.15, 0.2) is 0 Å². The van der Waals surface area contributed by atoms with Gasteiger partial charge in [0, 0.05) is 29.6 Å². The molecule has 0 saturated carbocycles. The molecule has 0 unspecified atom stereocenters. The van der Waals surface area contributed by atoms with Gasteiger partial charge < -0.3 is 0 Å². The first-order valence-electron chi connectivity index (χ1n) is 2.44. The second kappa shape index (κ2) is 5.51. The normalized spacial score (nSPS) is 8.08. The number of nitrogens with zero attached hydrogens (tertiary/aromatic N) is 4. The van der Waals surface area contributed by atoms with Gasteiger partial charge in [-0.3, -0.25) is 5.32 Å². The fraction of sp³-hybridized carbons (Fsp3) is 0. The van der Waals surface area contributed by atoms with Crippen LogP contribution < -0.4 is 5.32 Å². The van der Waals surface area contributed by atoms with Crippen LogP contribution in [0, 0.1) is 11.5 Å². The van der Waals surface area contributed by atoms with E-state index in [-0.39, 0.29) is 46.1 Å². The van der Waals surface area contributed by atoms with E-state index >= 15 is 0 Å². The van der Waals surface area contributed by atoms with E-state index in [1.54, 1.807) is 6.19 Å². The predicted octanol–water partition coefficient (Wildman–Crippen LogP) is 0.691. The minimum atomic E-state index is -0.0530. The van der Waals surface area contributed by atoms with Crippen LogP contribution in [0.5, 0.6) is 0 Å². The minimum Gasteiger partial charge on any atom is -0.261 e. The summed E-state index contributed by atoms with van der Waals surface area (Å²) in [5.41, 5.74) is 0. The predicted molar refractivity (Wildman–Crippen MR) is 44.8 cm³/mol. The van der Waals surface area contributed by atoms with Gasteiger partial charge >= 0.3 is 0 Å². The molecule has 0 fully saturated rings. The van der Waals surface area contributed by atoms with E-state index < -0.39 is 0 Å². The molecule has 1 heterocycles. The number of halogens is 2. The Balaban J connectivity index is 0.00000121. The Hall–Kier alpha value is -0.120. The molecule has 0 aliphatic rings. The van der Waals surface area contributed by atoms with Crippen molar-refractivity contribution in [2.24, 2.45) is 0 Å². The molecule has 0 aliphatic carbocycles. The molecular formula is C4HCl2N5Na. The summed E-state index contributed by atoms with van der Waals surface area (Å²) < 4.78 is 0. The summed E-state index contributed by atoms with van der Waals surface area (Å²) in [4.78, 5) is 10.6. The fourth-order valence-corrected chi connectivity index (χ4v) is 0.795. The zero-order valence-electron chi connectivity index (χ0n) is 6.04. The molecule has 1 rings (SSSR count). The van der Waals surface area contributed by atoms with E-state index in [1.807, 2.05) is 0 Å². The molecule has 0 aromatic carbocycles. The third-order valence-corrected chi connectivity index (χ3v) is 1.09. The Morgan fingerprint density at radius 2 is 1.67 bits per heavy atom. The first-order chi connectivity index (χ1) is 5.22. The Morgan fingerprint density at radius 3 is 2.08 bits per heavy atom. The van der Waals surface area contributed by atoms with E-state index in [9.17, 15) is 0 Å². The van der Waals surface area contributed by atoms with Crippen molar-refractivity contribution in [2.75, 3.05) is 5.32 Å². The molecule has 1 radical (unpaired) electrons. The van der Waals surface area contributed by atoms with Gasteiger partial charge in [0.25, 0.3) is 0 Å². The van der Waals surface area contributed by atoms with Crippen molar-refractivity contribution in [1.82, 2.24) is 15.0 Å². The minimum absolute atomic E-state index is 0. The molecular weight excluding hydrogens is 212 g/mol. The molecule has 0 spiro atoms. The van der Waals surface area contributed by atoms with Gasteiger partial charge in [-0.2, -0.15) is 20.2 Å². The summed E-state index contributed by atoms with van der Waals surface area (Å²) in [6, 6.07) is 0. The topological polar surface area (TPSA) is 74.5 Å². The van der Waals surface area contributed by atoms with Crippen LogP contribution >= 0.6 is 23.2 Å². The molecule has 1 aromatic heterocycles. The zero-order valence-corrected chi connectivity index (χ0v) is 9.56. The smallest absolute Gasteiger partial charge is 0.241 e. The van der Waals surface area contributed by atoms with Crippen LogP contribution in [-0.2, 0) is 0 Å². The number of hydrogen-bond donors (Lipinski definition) is 1. The van der Waals surface area contributed by atoms with Crippen LogP contribution in [0.4, 0.5) is 5.95 Å². The van der Waals surface area contributed by atoms with Gasteiger partial charge in [0.2, 0.25) is 16.5 Å². The molecule has 8 heteroatoms.